The number of carbonyl (C=O) groups excluding carboxylic acids is 1. The monoisotopic (exact) mass is 253 g/mol. The molecule has 0 aromatic heterocycles. The summed E-state index contributed by atoms with van der Waals surface area (Å²) in [5, 5.41) is 15.2. The summed E-state index contributed by atoms with van der Waals surface area (Å²) in [6.45, 7) is 2.10. The van der Waals surface area contributed by atoms with Gasteiger partial charge in [0.25, 0.3) is 0 Å². The zero-order chi connectivity index (χ0) is 13.2. The van der Waals surface area contributed by atoms with Gasteiger partial charge in [0.1, 0.15) is 5.41 Å². The summed E-state index contributed by atoms with van der Waals surface area (Å²) in [5.41, 5.74) is 4.96. The minimum absolute atomic E-state index is 0.0393. The van der Waals surface area contributed by atoms with Gasteiger partial charge in [0.05, 0.1) is 0 Å². The summed E-state index contributed by atoms with van der Waals surface area (Å²) < 4.78 is 0. The second kappa shape index (κ2) is 4.78. The first kappa shape index (κ1) is 13.2. The summed E-state index contributed by atoms with van der Waals surface area (Å²) in [6, 6.07) is 0. The van der Waals surface area contributed by atoms with Crippen molar-refractivity contribution in [1.82, 2.24) is 5.32 Å². The van der Waals surface area contributed by atoms with Gasteiger partial charge in [-0.2, -0.15) is 0 Å². The van der Waals surface area contributed by atoms with E-state index in [9.17, 15) is 4.79 Å². The molecule has 4 N–H and O–H groups in total. The van der Waals surface area contributed by atoms with Crippen LogP contribution in [-0.2, 0) is 4.79 Å². The molecule has 1 amide bonds. The number of oxime groups is 1. The van der Waals surface area contributed by atoms with Crippen molar-refractivity contribution in [2.75, 3.05) is 0 Å². The average molecular weight is 253 g/mol. The van der Waals surface area contributed by atoms with Gasteiger partial charge in [-0.3, -0.25) is 4.79 Å². The molecule has 0 saturated heterocycles. The maximum atomic E-state index is 12.6. The summed E-state index contributed by atoms with van der Waals surface area (Å²) >= 11 is 0. The van der Waals surface area contributed by atoms with Gasteiger partial charge in [0.15, 0.2) is 5.84 Å². The number of amidine groups is 1. The summed E-state index contributed by atoms with van der Waals surface area (Å²) in [5.74, 6) is 0.0277. The number of nitrogens with two attached hydrogens (primary N) is 1. The Morgan fingerprint density at radius 3 is 2.28 bits per heavy atom. The van der Waals surface area contributed by atoms with Gasteiger partial charge in [-0.1, -0.05) is 24.9 Å². The number of hydrogen-bond acceptors (Lipinski definition) is 3. The van der Waals surface area contributed by atoms with Crippen LogP contribution in [0.25, 0.3) is 0 Å². The van der Waals surface area contributed by atoms with E-state index in [1.54, 1.807) is 0 Å². The minimum atomic E-state index is -0.771. The molecule has 0 heterocycles. The molecule has 18 heavy (non-hydrogen) atoms. The third-order valence-electron chi connectivity index (χ3n) is 4.86. The summed E-state index contributed by atoms with van der Waals surface area (Å²) in [6.07, 6.45) is 7.51. The molecule has 0 aromatic rings. The molecule has 2 aliphatic rings. The van der Waals surface area contributed by atoms with Crippen molar-refractivity contribution in [3.05, 3.63) is 0 Å². The fraction of sp³-hybridized carbons (Fsp3) is 0.846. The van der Waals surface area contributed by atoms with Crippen molar-refractivity contribution in [2.24, 2.45) is 16.3 Å². The van der Waals surface area contributed by atoms with Crippen molar-refractivity contribution in [3.63, 3.8) is 0 Å². The predicted octanol–water partition coefficient (Wildman–Crippen LogP) is 1.74. The highest BCUT2D eigenvalue weighted by atomic mass is 16.4. The Morgan fingerprint density at radius 2 is 1.89 bits per heavy atom. The van der Waals surface area contributed by atoms with Crippen LogP contribution in [-0.4, -0.2) is 22.5 Å². The Kier molecular flexibility index (Phi) is 3.50. The smallest absolute Gasteiger partial charge is 0.234 e. The van der Waals surface area contributed by atoms with Crippen LogP contribution in [0.3, 0.4) is 0 Å². The maximum absolute atomic E-state index is 12.6. The van der Waals surface area contributed by atoms with E-state index in [1.807, 2.05) is 0 Å². The number of carbonyl (C=O) groups is 1. The lowest BCUT2D eigenvalue weighted by Crippen LogP contribution is -2.59. The third kappa shape index (κ3) is 1.95. The van der Waals surface area contributed by atoms with Gasteiger partial charge < -0.3 is 16.3 Å². The van der Waals surface area contributed by atoms with Crippen LogP contribution in [0.15, 0.2) is 5.16 Å². The van der Waals surface area contributed by atoms with Crippen molar-refractivity contribution in [2.45, 2.75) is 63.8 Å². The first-order chi connectivity index (χ1) is 8.58. The zero-order valence-corrected chi connectivity index (χ0v) is 11.0. The normalized spacial score (nSPS) is 25.5. The molecule has 102 valence electrons. The Bertz CT molecular complexity index is 350. The molecule has 5 heteroatoms. The highest BCUT2D eigenvalue weighted by Crippen LogP contribution is 2.41. The second-order valence-corrected chi connectivity index (χ2v) is 5.72. The van der Waals surface area contributed by atoms with Crippen LogP contribution in [0.2, 0.25) is 0 Å². The molecule has 0 atom stereocenters. The van der Waals surface area contributed by atoms with Gasteiger partial charge in [-0.25, -0.2) is 0 Å². The van der Waals surface area contributed by atoms with Gasteiger partial charge in [-0.15, -0.1) is 0 Å². The third-order valence-corrected chi connectivity index (χ3v) is 4.86. The Labute approximate surface area is 108 Å². The molecule has 2 aliphatic carbocycles. The van der Waals surface area contributed by atoms with E-state index in [4.69, 9.17) is 10.9 Å². The van der Waals surface area contributed by atoms with Crippen LogP contribution in [0.4, 0.5) is 0 Å². The van der Waals surface area contributed by atoms with E-state index in [0.29, 0.717) is 12.8 Å². The molecule has 0 radical (unpaired) electrons. The van der Waals surface area contributed by atoms with E-state index in [2.05, 4.69) is 17.4 Å². The quantitative estimate of drug-likeness (QED) is 0.308. The van der Waals surface area contributed by atoms with Gasteiger partial charge >= 0.3 is 0 Å². The molecule has 2 saturated carbocycles. The number of hydrogen-bond donors (Lipinski definition) is 3. The van der Waals surface area contributed by atoms with Crippen LogP contribution in [0.5, 0.6) is 0 Å². The van der Waals surface area contributed by atoms with E-state index < -0.39 is 5.41 Å². The molecule has 0 spiro atoms. The highest BCUT2D eigenvalue weighted by molar-refractivity contribution is 6.07. The zero-order valence-electron chi connectivity index (χ0n) is 11.0. The summed E-state index contributed by atoms with van der Waals surface area (Å²) in [4.78, 5) is 12.6. The standard InChI is InChI=1S/C13H23N3O2/c1-2-12(6-5-7-12)15-11(17)13(10(14)16-18)8-3-4-9-13/h18H,2-9H2,1H3,(H2,14,16)(H,15,17). The van der Waals surface area contributed by atoms with Gasteiger partial charge in [-0.05, 0) is 38.5 Å². The van der Waals surface area contributed by atoms with Crippen molar-refractivity contribution < 1.29 is 10.0 Å². The Hall–Kier alpha value is -1.26. The van der Waals surface area contributed by atoms with Crippen molar-refractivity contribution in [3.8, 4) is 0 Å². The molecule has 0 aromatic carbocycles. The first-order valence-corrected chi connectivity index (χ1v) is 6.89. The van der Waals surface area contributed by atoms with Crippen LogP contribution >= 0.6 is 0 Å². The van der Waals surface area contributed by atoms with E-state index in [0.717, 1.165) is 32.1 Å². The van der Waals surface area contributed by atoms with Gasteiger partial charge in [0.2, 0.25) is 5.91 Å². The summed E-state index contributed by atoms with van der Waals surface area (Å²) in [7, 11) is 0. The number of rotatable bonds is 4. The lowest BCUT2D eigenvalue weighted by molar-refractivity contribution is -0.130. The fourth-order valence-corrected chi connectivity index (χ4v) is 3.20. The SMILES string of the molecule is CCC1(NC(=O)C2(C(N)=NO)CCCC2)CCC1. The number of amides is 1. The minimum Gasteiger partial charge on any atom is -0.409 e. The molecule has 0 unspecified atom stereocenters. The maximum Gasteiger partial charge on any atom is 0.234 e. The predicted molar refractivity (Wildman–Crippen MR) is 69.3 cm³/mol. The molecule has 2 fully saturated rings. The fourth-order valence-electron chi connectivity index (χ4n) is 3.20. The van der Waals surface area contributed by atoms with Crippen LogP contribution < -0.4 is 11.1 Å². The number of nitrogens with one attached hydrogen (secondary N) is 1. The Balaban J connectivity index is 2.14. The van der Waals surface area contributed by atoms with Gasteiger partial charge in [0, 0.05) is 5.54 Å². The molecular weight excluding hydrogens is 230 g/mol. The molecule has 5 nitrogen and oxygen atoms in total. The lowest BCUT2D eigenvalue weighted by Gasteiger charge is -2.44. The van der Waals surface area contributed by atoms with E-state index >= 15 is 0 Å². The molecular formula is C13H23N3O2. The van der Waals surface area contributed by atoms with E-state index in [1.165, 1.54) is 6.42 Å². The first-order valence-electron chi connectivity index (χ1n) is 6.89. The van der Waals surface area contributed by atoms with Crippen molar-refractivity contribution >= 4 is 11.7 Å². The van der Waals surface area contributed by atoms with E-state index in [-0.39, 0.29) is 17.3 Å². The topological polar surface area (TPSA) is 87.7 Å². The molecule has 2 rings (SSSR count). The Morgan fingerprint density at radius 1 is 1.28 bits per heavy atom. The lowest BCUT2D eigenvalue weighted by atomic mass is 9.73. The average Bonchev–Trinajstić information content (AvgIpc) is 2.83. The second-order valence-electron chi connectivity index (χ2n) is 5.72. The van der Waals surface area contributed by atoms with Crippen LogP contribution in [0.1, 0.15) is 58.3 Å². The molecule has 0 bridgehead atoms. The number of nitrogens with zero attached hydrogens (tertiary/aromatic N) is 1. The van der Waals surface area contributed by atoms with Crippen LogP contribution in [0, 0.1) is 5.41 Å². The highest BCUT2D eigenvalue weighted by Gasteiger charge is 2.48. The largest absolute Gasteiger partial charge is 0.409 e. The van der Waals surface area contributed by atoms with Crippen molar-refractivity contribution in [1.29, 1.82) is 0 Å². The molecule has 0 aliphatic heterocycles.